The lowest BCUT2D eigenvalue weighted by atomic mass is 9.76. The van der Waals surface area contributed by atoms with Gasteiger partial charge < -0.3 is 9.31 Å². The first kappa shape index (κ1) is 16.4. The predicted octanol–water partition coefficient (Wildman–Crippen LogP) is 3.54. The first-order valence-corrected chi connectivity index (χ1v) is 8.64. The number of hydrogen-bond donors (Lipinski definition) is 0. The maximum atomic E-state index is 6.24. The maximum absolute atomic E-state index is 6.24. The standard InChI is InChI=1S/C20H23BN2O2/c1-19(2)20(3,4)25-21(24-19)18-8-6-7-15-11-14(9-10-17(15)18)16-12-22-23(5)13-16/h6-13H,1-5H3. The Morgan fingerprint density at radius 3 is 2.32 bits per heavy atom. The van der Waals surface area contributed by atoms with Gasteiger partial charge in [-0.2, -0.15) is 5.10 Å². The van der Waals surface area contributed by atoms with Crippen LogP contribution in [0.25, 0.3) is 21.9 Å². The number of aryl methyl sites for hydroxylation is 1. The van der Waals surface area contributed by atoms with Crippen molar-refractivity contribution in [3.8, 4) is 11.1 Å². The highest BCUT2D eigenvalue weighted by Gasteiger charge is 2.52. The Labute approximate surface area is 148 Å². The molecule has 0 aliphatic carbocycles. The van der Waals surface area contributed by atoms with Crippen LogP contribution in [0.1, 0.15) is 27.7 Å². The number of benzene rings is 2. The minimum absolute atomic E-state index is 0.338. The first-order valence-electron chi connectivity index (χ1n) is 8.64. The molecule has 1 fully saturated rings. The summed E-state index contributed by atoms with van der Waals surface area (Å²) in [5.74, 6) is 0. The highest BCUT2D eigenvalue weighted by atomic mass is 16.7. The molecule has 0 amide bonds. The van der Waals surface area contributed by atoms with Gasteiger partial charge in [0.25, 0.3) is 0 Å². The lowest BCUT2D eigenvalue weighted by Crippen LogP contribution is -2.41. The van der Waals surface area contributed by atoms with Crippen molar-refractivity contribution in [3.05, 3.63) is 48.8 Å². The molecule has 0 spiro atoms. The number of aromatic nitrogens is 2. The topological polar surface area (TPSA) is 36.3 Å². The van der Waals surface area contributed by atoms with E-state index in [0.29, 0.717) is 0 Å². The van der Waals surface area contributed by atoms with Gasteiger partial charge in [0.15, 0.2) is 0 Å². The Kier molecular flexibility index (Phi) is 3.57. The molecule has 5 heteroatoms. The van der Waals surface area contributed by atoms with Gasteiger partial charge in [0.1, 0.15) is 0 Å². The van der Waals surface area contributed by atoms with Crippen molar-refractivity contribution in [2.75, 3.05) is 0 Å². The van der Waals surface area contributed by atoms with Crippen molar-refractivity contribution >= 4 is 23.4 Å². The fourth-order valence-electron chi connectivity index (χ4n) is 3.23. The molecule has 128 valence electrons. The third kappa shape index (κ3) is 2.68. The summed E-state index contributed by atoms with van der Waals surface area (Å²) < 4.78 is 14.3. The van der Waals surface area contributed by atoms with Gasteiger partial charge in [-0.15, -0.1) is 0 Å². The molecule has 3 aromatic rings. The normalized spacial score (nSPS) is 18.8. The van der Waals surface area contributed by atoms with Crippen molar-refractivity contribution in [2.45, 2.75) is 38.9 Å². The molecule has 4 rings (SSSR count). The average molecular weight is 334 g/mol. The van der Waals surface area contributed by atoms with E-state index in [0.717, 1.165) is 22.0 Å². The Bertz CT molecular complexity index is 930. The number of nitrogens with zero attached hydrogens (tertiary/aromatic N) is 2. The maximum Gasteiger partial charge on any atom is 0.495 e. The Morgan fingerprint density at radius 1 is 0.960 bits per heavy atom. The van der Waals surface area contributed by atoms with Crippen molar-refractivity contribution in [1.82, 2.24) is 9.78 Å². The molecular weight excluding hydrogens is 311 g/mol. The average Bonchev–Trinajstić information content (AvgIpc) is 3.07. The van der Waals surface area contributed by atoms with Gasteiger partial charge in [-0.3, -0.25) is 4.68 Å². The van der Waals surface area contributed by atoms with Crippen LogP contribution in [-0.4, -0.2) is 28.1 Å². The molecular formula is C20H23BN2O2. The van der Waals surface area contributed by atoms with E-state index in [1.54, 1.807) is 0 Å². The molecule has 2 heterocycles. The quantitative estimate of drug-likeness (QED) is 0.673. The number of rotatable bonds is 2. The molecule has 0 unspecified atom stereocenters. The van der Waals surface area contributed by atoms with E-state index < -0.39 is 0 Å². The van der Waals surface area contributed by atoms with Crippen LogP contribution in [0.4, 0.5) is 0 Å². The van der Waals surface area contributed by atoms with Gasteiger partial charge >= 0.3 is 7.12 Å². The van der Waals surface area contributed by atoms with E-state index in [9.17, 15) is 0 Å². The van der Waals surface area contributed by atoms with E-state index in [-0.39, 0.29) is 18.3 Å². The van der Waals surface area contributed by atoms with Crippen LogP contribution in [0.5, 0.6) is 0 Å². The molecule has 0 radical (unpaired) electrons. The van der Waals surface area contributed by atoms with Crippen LogP contribution < -0.4 is 5.46 Å². The summed E-state index contributed by atoms with van der Waals surface area (Å²) in [4.78, 5) is 0. The van der Waals surface area contributed by atoms with Crippen LogP contribution in [0.2, 0.25) is 0 Å². The van der Waals surface area contributed by atoms with Crippen LogP contribution in [0.15, 0.2) is 48.8 Å². The highest BCUT2D eigenvalue weighted by Crippen LogP contribution is 2.37. The van der Waals surface area contributed by atoms with E-state index in [1.165, 1.54) is 5.39 Å². The molecule has 1 aliphatic heterocycles. The summed E-state index contributed by atoms with van der Waals surface area (Å²) >= 11 is 0. The second-order valence-corrected chi connectivity index (χ2v) is 7.77. The van der Waals surface area contributed by atoms with Gasteiger partial charge in [0.2, 0.25) is 0 Å². The van der Waals surface area contributed by atoms with Gasteiger partial charge in [-0.1, -0.05) is 30.3 Å². The van der Waals surface area contributed by atoms with Crippen LogP contribution >= 0.6 is 0 Å². The molecule has 4 nitrogen and oxygen atoms in total. The number of fused-ring (bicyclic) bond motifs is 1. The van der Waals surface area contributed by atoms with E-state index in [1.807, 2.05) is 24.1 Å². The van der Waals surface area contributed by atoms with Gasteiger partial charge in [0.05, 0.1) is 17.4 Å². The zero-order valence-corrected chi connectivity index (χ0v) is 15.4. The third-order valence-electron chi connectivity index (χ3n) is 5.46. The zero-order chi connectivity index (χ0) is 17.8. The lowest BCUT2D eigenvalue weighted by Gasteiger charge is -2.32. The van der Waals surface area contributed by atoms with E-state index in [4.69, 9.17) is 9.31 Å². The molecule has 1 aromatic heterocycles. The second-order valence-electron chi connectivity index (χ2n) is 7.77. The Morgan fingerprint density at radius 2 is 1.68 bits per heavy atom. The largest absolute Gasteiger partial charge is 0.495 e. The van der Waals surface area contributed by atoms with E-state index >= 15 is 0 Å². The molecule has 0 N–H and O–H groups in total. The molecule has 0 bridgehead atoms. The summed E-state index contributed by atoms with van der Waals surface area (Å²) in [5.41, 5.74) is 2.68. The van der Waals surface area contributed by atoms with Gasteiger partial charge in [-0.05, 0) is 55.6 Å². The smallest absolute Gasteiger partial charge is 0.399 e. The van der Waals surface area contributed by atoms with Gasteiger partial charge in [0, 0.05) is 18.8 Å². The molecule has 25 heavy (non-hydrogen) atoms. The Hall–Kier alpha value is -2.11. The van der Waals surface area contributed by atoms with Crippen molar-refractivity contribution in [1.29, 1.82) is 0 Å². The fraction of sp³-hybridized carbons (Fsp3) is 0.350. The van der Waals surface area contributed by atoms with Crippen molar-refractivity contribution in [2.24, 2.45) is 7.05 Å². The van der Waals surface area contributed by atoms with Gasteiger partial charge in [-0.25, -0.2) is 0 Å². The highest BCUT2D eigenvalue weighted by molar-refractivity contribution is 6.65. The summed E-state index contributed by atoms with van der Waals surface area (Å²) in [6.45, 7) is 8.33. The molecule has 0 saturated carbocycles. The van der Waals surface area contributed by atoms with Crippen molar-refractivity contribution < 1.29 is 9.31 Å². The van der Waals surface area contributed by atoms with Crippen molar-refractivity contribution in [3.63, 3.8) is 0 Å². The van der Waals surface area contributed by atoms with Crippen LogP contribution in [0.3, 0.4) is 0 Å². The minimum atomic E-state index is -0.349. The fourth-order valence-corrected chi connectivity index (χ4v) is 3.23. The van der Waals surface area contributed by atoms with Crippen LogP contribution in [-0.2, 0) is 16.4 Å². The Balaban J connectivity index is 1.77. The van der Waals surface area contributed by atoms with Crippen LogP contribution in [0, 0.1) is 0 Å². The second kappa shape index (κ2) is 5.45. The summed E-state index contributed by atoms with van der Waals surface area (Å²) in [7, 11) is 1.58. The summed E-state index contributed by atoms with van der Waals surface area (Å²) in [6.07, 6.45) is 3.92. The zero-order valence-electron chi connectivity index (χ0n) is 15.4. The predicted molar refractivity (Wildman–Crippen MR) is 102 cm³/mol. The summed E-state index contributed by atoms with van der Waals surface area (Å²) in [5, 5.41) is 6.60. The molecule has 1 saturated heterocycles. The monoisotopic (exact) mass is 334 g/mol. The van der Waals surface area contributed by atoms with E-state index in [2.05, 4.69) is 69.2 Å². The summed E-state index contributed by atoms with van der Waals surface area (Å²) in [6, 6.07) is 12.8. The molecule has 0 atom stereocenters. The molecule has 1 aliphatic rings. The third-order valence-corrected chi connectivity index (χ3v) is 5.46. The minimum Gasteiger partial charge on any atom is -0.399 e. The number of hydrogen-bond acceptors (Lipinski definition) is 3. The SMILES string of the molecule is Cn1cc(-c2ccc3c(B4OC(C)(C)C(C)(C)O4)cccc3c2)cn1. The molecule has 2 aromatic carbocycles. The lowest BCUT2D eigenvalue weighted by molar-refractivity contribution is 0.00578. The first-order chi connectivity index (χ1) is 11.8.